The monoisotopic (exact) mass is 278 g/mol. The average Bonchev–Trinajstić information content (AvgIpc) is 2.42. The molecule has 108 valence electrons. The van der Waals surface area contributed by atoms with Gasteiger partial charge in [0.05, 0.1) is 4.92 Å². The van der Waals surface area contributed by atoms with Gasteiger partial charge >= 0.3 is 0 Å². The minimum absolute atomic E-state index is 0.0247. The van der Waals surface area contributed by atoms with Crippen LogP contribution in [-0.2, 0) is 4.79 Å². The van der Waals surface area contributed by atoms with Crippen molar-refractivity contribution in [2.24, 2.45) is 0 Å². The molecule has 1 unspecified atom stereocenters. The Labute approximate surface area is 117 Å². The third-order valence-electron chi connectivity index (χ3n) is 3.32. The number of anilines is 2. The van der Waals surface area contributed by atoms with Gasteiger partial charge in [0, 0.05) is 43.1 Å². The van der Waals surface area contributed by atoms with Gasteiger partial charge in [-0.1, -0.05) is 0 Å². The van der Waals surface area contributed by atoms with Crippen molar-refractivity contribution in [2.75, 3.05) is 29.9 Å². The van der Waals surface area contributed by atoms with Crippen molar-refractivity contribution in [3.63, 3.8) is 0 Å². The van der Waals surface area contributed by atoms with E-state index in [-0.39, 0.29) is 17.6 Å². The van der Waals surface area contributed by atoms with Gasteiger partial charge in [0.2, 0.25) is 5.91 Å². The molecule has 1 atom stereocenters. The molecule has 0 spiro atoms. The van der Waals surface area contributed by atoms with Gasteiger partial charge in [-0.2, -0.15) is 0 Å². The minimum Gasteiger partial charge on any atom is -0.385 e. The minimum atomic E-state index is -0.418. The molecule has 0 aromatic heterocycles. The quantitative estimate of drug-likeness (QED) is 0.641. The number of nitro benzene ring substituents is 1. The molecule has 0 bridgehead atoms. The summed E-state index contributed by atoms with van der Waals surface area (Å²) in [4.78, 5) is 24.2. The molecule has 2 rings (SSSR count). The Hall–Kier alpha value is -2.31. The fraction of sp³-hybridized carbons (Fsp3) is 0.462. The Morgan fingerprint density at radius 1 is 1.50 bits per heavy atom. The summed E-state index contributed by atoms with van der Waals surface area (Å²) in [7, 11) is 0. The number of hydrogen-bond donors (Lipinski definition) is 2. The zero-order valence-electron chi connectivity index (χ0n) is 11.5. The number of rotatable bonds is 4. The number of benzene rings is 1. The summed E-state index contributed by atoms with van der Waals surface area (Å²) >= 11 is 0. The molecule has 20 heavy (non-hydrogen) atoms. The highest BCUT2D eigenvalue weighted by atomic mass is 16.6. The topological polar surface area (TPSA) is 87.5 Å². The van der Waals surface area contributed by atoms with Gasteiger partial charge in [0.25, 0.3) is 5.69 Å². The Morgan fingerprint density at radius 3 is 2.90 bits per heavy atom. The number of hydrogen-bond acceptors (Lipinski definition) is 5. The second-order valence-corrected chi connectivity index (χ2v) is 4.69. The first kappa shape index (κ1) is 14.1. The molecule has 1 aliphatic rings. The molecule has 1 heterocycles. The molecular formula is C13H18N4O3. The van der Waals surface area contributed by atoms with E-state index in [1.807, 2.05) is 17.9 Å². The fourth-order valence-electron chi connectivity index (χ4n) is 2.31. The smallest absolute Gasteiger partial charge is 0.273 e. The highest BCUT2D eigenvalue weighted by Gasteiger charge is 2.27. The lowest BCUT2D eigenvalue weighted by Gasteiger charge is -2.34. The van der Waals surface area contributed by atoms with Crippen LogP contribution in [0.5, 0.6) is 0 Å². The molecule has 7 nitrogen and oxygen atoms in total. The fourth-order valence-corrected chi connectivity index (χ4v) is 2.31. The SMILES string of the molecule is CCNc1cc(N2CCNC(=O)C2C)cc([N+](=O)[O-])c1. The molecule has 1 aromatic carbocycles. The van der Waals surface area contributed by atoms with Crippen molar-refractivity contribution in [1.82, 2.24) is 5.32 Å². The van der Waals surface area contributed by atoms with E-state index in [0.717, 1.165) is 0 Å². The maximum atomic E-state index is 11.7. The van der Waals surface area contributed by atoms with Crippen LogP contribution in [0.1, 0.15) is 13.8 Å². The van der Waals surface area contributed by atoms with E-state index >= 15 is 0 Å². The maximum absolute atomic E-state index is 11.7. The average molecular weight is 278 g/mol. The van der Waals surface area contributed by atoms with E-state index in [9.17, 15) is 14.9 Å². The van der Waals surface area contributed by atoms with Crippen LogP contribution in [0.4, 0.5) is 17.1 Å². The molecule has 0 radical (unpaired) electrons. The molecule has 0 aliphatic carbocycles. The van der Waals surface area contributed by atoms with Crippen LogP contribution in [0.15, 0.2) is 18.2 Å². The van der Waals surface area contributed by atoms with Crippen LogP contribution < -0.4 is 15.5 Å². The standard InChI is InChI=1S/C13H18N4O3/c1-3-14-10-6-11(8-12(7-10)17(19)20)16-5-4-15-13(18)9(16)2/h6-9,14H,3-5H2,1-2H3,(H,15,18). The first-order valence-corrected chi connectivity index (χ1v) is 6.60. The molecule has 7 heteroatoms. The normalized spacial score (nSPS) is 18.6. The van der Waals surface area contributed by atoms with Crippen LogP contribution in [0.25, 0.3) is 0 Å². The van der Waals surface area contributed by atoms with Crippen LogP contribution >= 0.6 is 0 Å². The molecule has 1 amide bonds. The van der Waals surface area contributed by atoms with Gasteiger partial charge in [-0.25, -0.2) is 0 Å². The lowest BCUT2D eigenvalue weighted by atomic mass is 10.1. The van der Waals surface area contributed by atoms with E-state index in [1.165, 1.54) is 12.1 Å². The number of amides is 1. The second kappa shape index (κ2) is 5.77. The second-order valence-electron chi connectivity index (χ2n) is 4.69. The molecule has 1 saturated heterocycles. The van der Waals surface area contributed by atoms with Gasteiger partial charge < -0.3 is 15.5 Å². The van der Waals surface area contributed by atoms with E-state index in [2.05, 4.69) is 10.6 Å². The van der Waals surface area contributed by atoms with E-state index < -0.39 is 4.92 Å². The Bertz CT molecular complexity index is 532. The van der Waals surface area contributed by atoms with Crippen molar-refractivity contribution in [3.8, 4) is 0 Å². The molecule has 1 fully saturated rings. The lowest BCUT2D eigenvalue weighted by molar-refractivity contribution is -0.384. The largest absolute Gasteiger partial charge is 0.385 e. The predicted molar refractivity (Wildman–Crippen MR) is 77.1 cm³/mol. The highest BCUT2D eigenvalue weighted by molar-refractivity contribution is 5.86. The van der Waals surface area contributed by atoms with E-state index in [1.54, 1.807) is 6.92 Å². The van der Waals surface area contributed by atoms with E-state index in [0.29, 0.717) is 31.0 Å². The van der Waals surface area contributed by atoms with Gasteiger partial charge in [-0.3, -0.25) is 14.9 Å². The van der Waals surface area contributed by atoms with Crippen LogP contribution in [0.3, 0.4) is 0 Å². The summed E-state index contributed by atoms with van der Waals surface area (Å²) in [5.74, 6) is -0.0623. The van der Waals surface area contributed by atoms with Crippen molar-refractivity contribution >= 4 is 23.0 Å². The first-order valence-electron chi connectivity index (χ1n) is 6.60. The Balaban J connectivity index is 2.38. The zero-order chi connectivity index (χ0) is 14.7. The Kier molecular flexibility index (Phi) is 4.07. The maximum Gasteiger partial charge on any atom is 0.273 e. The van der Waals surface area contributed by atoms with Crippen LogP contribution in [0, 0.1) is 10.1 Å². The predicted octanol–water partition coefficient (Wildman–Crippen LogP) is 1.35. The first-order chi connectivity index (χ1) is 9.52. The summed E-state index contributed by atoms with van der Waals surface area (Å²) in [6.07, 6.45) is 0. The number of non-ortho nitro benzene ring substituents is 1. The third kappa shape index (κ3) is 2.81. The molecule has 0 saturated carbocycles. The molecular weight excluding hydrogens is 260 g/mol. The summed E-state index contributed by atoms with van der Waals surface area (Å²) in [5, 5.41) is 16.9. The number of piperazine rings is 1. The third-order valence-corrected chi connectivity index (χ3v) is 3.32. The van der Waals surface area contributed by atoms with Gasteiger partial charge in [0.1, 0.15) is 6.04 Å². The van der Waals surface area contributed by atoms with Crippen LogP contribution in [0.2, 0.25) is 0 Å². The van der Waals surface area contributed by atoms with Gasteiger partial charge in [0.15, 0.2) is 0 Å². The summed E-state index contributed by atoms with van der Waals surface area (Å²) in [5.41, 5.74) is 1.41. The number of nitro groups is 1. The highest BCUT2D eigenvalue weighted by Crippen LogP contribution is 2.28. The van der Waals surface area contributed by atoms with Crippen molar-refractivity contribution < 1.29 is 9.72 Å². The summed E-state index contributed by atoms with van der Waals surface area (Å²) < 4.78 is 0. The summed E-state index contributed by atoms with van der Waals surface area (Å²) in [6, 6.07) is 4.52. The van der Waals surface area contributed by atoms with Gasteiger partial charge in [-0.05, 0) is 19.9 Å². The molecule has 2 N–H and O–H groups in total. The van der Waals surface area contributed by atoms with Crippen molar-refractivity contribution in [1.29, 1.82) is 0 Å². The number of carbonyl (C=O) groups is 1. The number of carbonyl (C=O) groups excluding carboxylic acids is 1. The summed E-state index contributed by atoms with van der Waals surface area (Å²) in [6.45, 7) is 5.58. The van der Waals surface area contributed by atoms with Crippen LogP contribution in [-0.4, -0.2) is 36.5 Å². The molecule has 1 aliphatic heterocycles. The zero-order valence-corrected chi connectivity index (χ0v) is 11.5. The Morgan fingerprint density at radius 2 is 2.25 bits per heavy atom. The number of nitrogens with zero attached hydrogens (tertiary/aromatic N) is 2. The van der Waals surface area contributed by atoms with E-state index in [4.69, 9.17) is 0 Å². The van der Waals surface area contributed by atoms with Crippen molar-refractivity contribution in [3.05, 3.63) is 28.3 Å². The lowest BCUT2D eigenvalue weighted by Crippen LogP contribution is -2.54. The van der Waals surface area contributed by atoms with Crippen molar-refractivity contribution in [2.45, 2.75) is 19.9 Å². The molecule has 1 aromatic rings. The number of nitrogens with one attached hydrogen (secondary N) is 2. The van der Waals surface area contributed by atoms with Gasteiger partial charge in [-0.15, -0.1) is 0 Å².